The lowest BCUT2D eigenvalue weighted by Gasteiger charge is -2.48. The minimum absolute atomic E-state index is 0.0496. The smallest absolute Gasteiger partial charge is 0.155 e. The summed E-state index contributed by atoms with van der Waals surface area (Å²) >= 11 is 0. The van der Waals surface area contributed by atoms with Gasteiger partial charge in [-0.05, 0) is 38.8 Å². The van der Waals surface area contributed by atoms with Crippen LogP contribution >= 0.6 is 0 Å². The van der Waals surface area contributed by atoms with Crippen molar-refractivity contribution in [3.63, 3.8) is 0 Å². The molecule has 0 aliphatic rings. The number of hydrogen-bond acceptors (Lipinski definition) is 6. The maximum Gasteiger partial charge on any atom is 0.155 e. The maximum absolute atomic E-state index is 15.3. The number of unbranched alkanes of at least 4 members (excludes halogenated alkanes) is 52. The van der Waals surface area contributed by atoms with E-state index >= 15 is 4.79 Å². The molecule has 0 bridgehead atoms. The molecular formula is C70H141NO5. The van der Waals surface area contributed by atoms with E-state index in [4.69, 9.17) is 0 Å². The van der Waals surface area contributed by atoms with Crippen LogP contribution in [0.25, 0.3) is 0 Å². The Bertz CT molecular complexity index is 1090. The average molecular weight is 1080 g/mol. The van der Waals surface area contributed by atoms with Crippen molar-refractivity contribution in [3.8, 4) is 0 Å². The lowest BCUT2D eigenvalue weighted by Crippen LogP contribution is -2.67. The van der Waals surface area contributed by atoms with E-state index in [1.807, 2.05) is 0 Å². The topological polar surface area (TPSA) is 101 Å². The molecule has 0 saturated carbocycles. The summed E-state index contributed by atoms with van der Waals surface area (Å²) in [5.74, 6) is 0.0496. The highest BCUT2D eigenvalue weighted by atomic mass is 16.4. The van der Waals surface area contributed by atoms with Crippen LogP contribution in [0, 0.1) is 0 Å². The molecule has 0 aromatic heterocycles. The Labute approximate surface area is 477 Å². The molecule has 0 spiro atoms. The molecule has 0 radical (unpaired) electrons. The SMILES string of the molecule is CCCCCCCCCCCCCCCCC(=O)[C@@](CCCCCCCCCCCCCCCC)([C@@H](O)[C@H](O)[C@H](O)CO)N(CCCCCCCCCCCCCCCC)CCCCCCCCCCCCCCCC. The van der Waals surface area contributed by atoms with E-state index in [-0.39, 0.29) is 5.78 Å². The molecule has 456 valence electrons. The molecule has 0 unspecified atom stereocenters. The normalized spacial score (nSPS) is 14.0. The first-order valence-corrected chi connectivity index (χ1v) is 35.3. The zero-order valence-corrected chi connectivity index (χ0v) is 52.5. The Morgan fingerprint density at radius 3 is 0.763 bits per heavy atom. The molecule has 0 aliphatic carbocycles. The van der Waals surface area contributed by atoms with E-state index in [9.17, 15) is 20.4 Å². The molecule has 0 fully saturated rings. The number of aliphatic hydroxyl groups excluding tert-OH is 4. The quantitative estimate of drug-likeness (QED) is 0.0453. The highest BCUT2D eigenvalue weighted by molar-refractivity contribution is 5.89. The molecule has 0 aromatic rings. The first kappa shape index (κ1) is 75.5. The van der Waals surface area contributed by atoms with E-state index in [1.165, 1.54) is 295 Å². The summed E-state index contributed by atoms with van der Waals surface area (Å²) in [5.41, 5.74) is -1.28. The van der Waals surface area contributed by atoms with Gasteiger partial charge in [-0.2, -0.15) is 0 Å². The summed E-state index contributed by atoms with van der Waals surface area (Å²) in [4.78, 5) is 17.6. The fourth-order valence-electron chi connectivity index (χ4n) is 12.4. The second-order valence-corrected chi connectivity index (χ2v) is 24.9. The summed E-state index contributed by atoms with van der Waals surface area (Å²) in [5, 5.41) is 45.3. The first-order valence-electron chi connectivity index (χ1n) is 35.3. The highest BCUT2D eigenvalue weighted by Gasteiger charge is 2.51. The van der Waals surface area contributed by atoms with Crippen molar-refractivity contribution in [2.24, 2.45) is 0 Å². The number of Topliss-reactive ketones (excluding diaryl/α,β-unsaturated/α-hetero) is 1. The molecule has 0 aromatic carbocycles. The summed E-state index contributed by atoms with van der Waals surface area (Å²) in [6.07, 6.45) is 67.8. The molecule has 4 N–H and O–H groups in total. The number of rotatable bonds is 66. The zero-order valence-electron chi connectivity index (χ0n) is 52.5. The van der Waals surface area contributed by atoms with Crippen LogP contribution < -0.4 is 0 Å². The third-order valence-electron chi connectivity index (χ3n) is 17.7. The van der Waals surface area contributed by atoms with Crippen molar-refractivity contribution >= 4 is 5.78 Å². The number of ketones is 1. The summed E-state index contributed by atoms with van der Waals surface area (Å²) < 4.78 is 0. The van der Waals surface area contributed by atoms with E-state index in [0.29, 0.717) is 12.8 Å². The Morgan fingerprint density at radius 2 is 0.526 bits per heavy atom. The van der Waals surface area contributed by atoms with Gasteiger partial charge in [-0.25, -0.2) is 0 Å². The Hall–Kier alpha value is -0.530. The Morgan fingerprint density at radius 1 is 0.316 bits per heavy atom. The van der Waals surface area contributed by atoms with Crippen molar-refractivity contribution < 1.29 is 25.2 Å². The molecule has 6 heteroatoms. The number of nitrogens with zero attached hydrogens (tertiary/aromatic N) is 1. The third kappa shape index (κ3) is 45.1. The fourth-order valence-corrected chi connectivity index (χ4v) is 12.4. The van der Waals surface area contributed by atoms with Gasteiger partial charge in [0.05, 0.1) is 6.61 Å². The molecule has 0 heterocycles. The Balaban J connectivity index is 5.96. The van der Waals surface area contributed by atoms with Crippen LogP contribution in [-0.2, 0) is 4.79 Å². The summed E-state index contributed by atoms with van der Waals surface area (Å²) in [7, 11) is 0. The second kappa shape index (κ2) is 60.6. The van der Waals surface area contributed by atoms with Gasteiger partial charge in [0.15, 0.2) is 5.78 Å². The van der Waals surface area contributed by atoms with Gasteiger partial charge in [0.2, 0.25) is 0 Å². The van der Waals surface area contributed by atoms with Crippen LogP contribution in [0.5, 0.6) is 0 Å². The van der Waals surface area contributed by atoms with Gasteiger partial charge in [-0.3, -0.25) is 9.69 Å². The minimum Gasteiger partial charge on any atom is -0.394 e. The van der Waals surface area contributed by atoms with E-state index in [0.717, 1.165) is 77.3 Å². The van der Waals surface area contributed by atoms with Crippen molar-refractivity contribution in [1.29, 1.82) is 0 Å². The molecule has 0 amide bonds. The van der Waals surface area contributed by atoms with Crippen LogP contribution in [0.1, 0.15) is 400 Å². The minimum atomic E-state index is -1.59. The van der Waals surface area contributed by atoms with Crippen LogP contribution in [0.2, 0.25) is 0 Å². The lowest BCUT2D eigenvalue weighted by molar-refractivity contribution is -0.162. The average Bonchev–Trinajstić information content (AvgIpc) is 3.43. The van der Waals surface area contributed by atoms with Crippen molar-refractivity contribution in [2.75, 3.05) is 19.7 Å². The molecule has 0 saturated heterocycles. The molecule has 0 aliphatic heterocycles. The van der Waals surface area contributed by atoms with Crippen LogP contribution in [0.4, 0.5) is 0 Å². The predicted octanol–water partition coefficient (Wildman–Crippen LogP) is 21.4. The third-order valence-corrected chi connectivity index (χ3v) is 17.7. The fraction of sp³-hybridized carbons (Fsp3) is 0.986. The standard InChI is InChI=1S/C70H141NO5/c1-5-9-13-17-21-25-29-33-37-41-45-49-53-57-61-67(74)70(69(76)68(75)66(73)65-72,62-58-54-50-46-42-38-34-30-26-22-18-14-10-6-2)71(63-59-55-51-47-43-39-35-31-27-23-19-15-11-7-3)64-60-56-52-48-44-40-36-32-28-24-20-16-12-8-4/h66,68-69,72-73,75-76H,5-65H2,1-4H3/t66-,68-,69+,70+/m1/s1. The summed E-state index contributed by atoms with van der Waals surface area (Å²) in [6, 6.07) is 0. The van der Waals surface area contributed by atoms with Crippen LogP contribution in [0.3, 0.4) is 0 Å². The molecule has 4 atom stereocenters. The maximum atomic E-state index is 15.3. The monoisotopic (exact) mass is 1080 g/mol. The number of carbonyl (C=O) groups is 1. The molecule has 6 nitrogen and oxygen atoms in total. The van der Waals surface area contributed by atoms with Gasteiger partial charge in [-0.1, -0.05) is 368 Å². The predicted molar refractivity (Wildman–Crippen MR) is 335 cm³/mol. The van der Waals surface area contributed by atoms with Gasteiger partial charge < -0.3 is 20.4 Å². The summed E-state index contributed by atoms with van der Waals surface area (Å²) in [6.45, 7) is 9.95. The largest absolute Gasteiger partial charge is 0.394 e. The van der Waals surface area contributed by atoms with Gasteiger partial charge >= 0.3 is 0 Å². The van der Waals surface area contributed by atoms with Gasteiger partial charge in [-0.15, -0.1) is 0 Å². The molecule has 76 heavy (non-hydrogen) atoms. The van der Waals surface area contributed by atoms with Crippen LogP contribution in [-0.4, -0.2) is 74.7 Å². The van der Waals surface area contributed by atoms with E-state index < -0.39 is 30.5 Å². The van der Waals surface area contributed by atoms with Gasteiger partial charge in [0.1, 0.15) is 23.9 Å². The van der Waals surface area contributed by atoms with Crippen molar-refractivity contribution in [3.05, 3.63) is 0 Å². The second-order valence-electron chi connectivity index (χ2n) is 24.9. The molecular weight excluding hydrogens is 935 g/mol. The van der Waals surface area contributed by atoms with E-state index in [2.05, 4.69) is 32.6 Å². The Kier molecular flexibility index (Phi) is 60.1. The number of carbonyl (C=O) groups excluding carboxylic acids is 1. The zero-order chi connectivity index (χ0) is 55.5. The highest BCUT2D eigenvalue weighted by Crippen LogP contribution is 2.35. The van der Waals surface area contributed by atoms with Crippen molar-refractivity contribution in [2.45, 2.75) is 424 Å². The van der Waals surface area contributed by atoms with Crippen molar-refractivity contribution in [1.82, 2.24) is 4.90 Å². The molecule has 0 rings (SSSR count). The van der Waals surface area contributed by atoms with Gasteiger partial charge in [0.25, 0.3) is 0 Å². The number of hydrogen-bond donors (Lipinski definition) is 4. The van der Waals surface area contributed by atoms with Crippen LogP contribution in [0.15, 0.2) is 0 Å². The lowest BCUT2D eigenvalue weighted by atomic mass is 9.75. The van der Waals surface area contributed by atoms with E-state index in [1.54, 1.807) is 0 Å². The van der Waals surface area contributed by atoms with Gasteiger partial charge in [0, 0.05) is 6.42 Å². The number of aliphatic hydroxyl groups is 4. The first-order chi connectivity index (χ1) is 37.4.